The van der Waals surface area contributed by atoms with Crippen LogP contribution >= 0.6 is 0 Å². The minimum atomic E-state index is 0.692. The van der Waals surface area contributed by atoms with E-state index in [-0.39, 0.29) is 0 Å². The highest BCUT2D eigenvalue weighted by Crippen LogP contribution is 2.23. The molecule has 20 heavy (non-hydrogen) atoms. The molecule has 7 N–H and O–H groups in total. The first-order valence-corrected chi connectivity index (χ1v) is 6.48. The van der Waals surface area contributed by atoms with E-state index < -0.39 is 0 Å². The smallest absolute Gasteiger partial charge is 0.0391 e. The van der Waals surface area contributed by atoms with Crippen LogP contribution in [0.15, 0.2) is 42.5 Å². The standard InChI is InChI=1S/C16H20N4/c1-11-14(16(19)8-7-15(11)18)6-3-9-20-13-5-2-4-12(17)10-13/h2-8,10,20H,9,17-19H2,1H3. The van der Waals surface area contributed by atoms with Gasteiger partial charge in [-0.3, -0.25) is 0 Å². The molecule has 0 unspecified atom stereocenters. The fraction of sp³-hybridized carbons (Fsp3) is 0.125. The van der Waals surface area contributed by atoms with Gasteiger partial charge in [0.1, 0.15) is 0 Å². The number of rotatable bonds is 4. The van der Waals surface area contributed by atoms with Crippen molar-refractivity contribution in [1.82, 2.24) is 0 Å². The number of nitrogens with one attached hydrogen (secondary N) is 1. The Morgan fingerprint density at radius 2 is 1.80 bits per heavy atom. The van der Waals surface area contributed by atoms with Gasteiger partial charge in [-0.2, -0.15) is 0 Å². The van der Waals surface area contributed by atoms with Gasteiger partial charge in [0.15, 0.2) is 0 Å². The zero-order valence-corrected chi connectivity index (χ0v) is 11.6. The second-order valence-corrected chi connectivity index (χ2v) is 4.69. The molecule has 0 radical (unpaired) electrons. The molecule has 0 atom stereocenters. The van der Waals surface area contributed by atoms with Crippen molar-refractivity contribution in [3.05, 3.63) is 53.6 Å². The predicted molar refractivity (Wildman–Crippen MR) is 88.4 cm³/mol. The van der Waals surface area contributed by atoms with Crippen LogP contribution < -0.4 is 22.5 Å². The van der Waals surface area contributed by atoms with E-state index in [9.17, 15) is 0 Å². The molecule has 0 aliphatic heterocycles. The lowest BCUT2D eigenvalue weighted by molar-refractivity contribution is 1.34. The highest BCUT2D eigenvalue weighted by molar-refractivity contribution is 5.73. The molecule has 104 valence electrons. The maximum absolute atomic E-state index is 5.96. The quantitative estimate of drug-likeness (QED) is 0.642. The van der Waals surface area contributed by atoms with Crippen LogP contribution in [0.4, 0.5) is 22.7 Å². The summed E-state index contributed by atoms with van der Waals surface area (Å²) < 4.78 is 0. The minimum Gasteiger partial charge on any atom is -0.399 e. The summed E-state index contributed by atoms with van der Waals surface area (Å²) in [6.45, 7) is 2.66. The summed E-state index contributed by atoms with van der Waals surface area (Å²) in [5, 5.41) is 3.27. The predicted octanol–water partition coefficient (Wildman–Crippen LogP) is 2.87. The summed E-state index contributed by atoms with van der Waals surface area (Å²) >= 11 is 0. The monoisotopic (exact) mass is 268 g/mol. The SMILES string of the molecule is Cc1c(N)ccc(N)c1C=CCNc1cccc(N)c1. The average molecular weight is 268 g/mol. The Balaban J connectivity index is 2.02. The highest BCUT2D eigenvalue weighted by atomic mass is 14.9. The van der Waals surface area contributed by atoms with Crippen LogP contribution in [0.3, 0.4) is 0 Å². The van der Waals surface area contributed by atoms with E-state index in [0.717, 1.165) is 33.9 Å². The largest absolute Gasteiger partial charge is 0.399 e. The Labute approximate surface area is 119 Å². The van der Waals surface area contributed by atoms with E-state index >= 15 is 0 Å². The van der Waals surface area contributed by atoms with Crippen LogP contribution in [0.1, 0.15) is 11.1 Å². The van der Waals surface area contributed by atoms with Gasteiger partial charge < -0.3 is 22.5 Å². The second kappa shape index (κ2) is 6.02. The molecule has 0 aliphatic carbocycles. The molecule has 0 fully saturated rings. The molecule has 0 bridgehead atoms. The Bertz CT molecular complexity index is 632. The zero-order chi connectivity index (χ0) is 14.5. The third-order valence-corrected chi connectivity index (χ3v) is 3.19. The van der Waals surface area contributed by atoms with Crippen molar-refractivity contribution >= 4 is 28.8 Å². The van der Waals surface area contributed by atoms with Gasteiger partial charge in [-0.1, -0.05) is 18.2 Å². The van der Waals surface area contributed by atoms with E-state index in [1.165, 1.54) is 0 Å². The second-order valence-electron chi connectivity index (χ2n) is 4.69. The van der Waals surface area contributed by atoms with Crippen molar-refractivity contribution < 1.29 is 0 Å². The molecule has 0 aromatic heterocycles. The van der Waals surface area contributed by atoms with Gasteiger partial charge in [-0.05, 0) is 42.8 Å². The van der Waals surface area contributed by atoms with Crippen molar-refractivity contribution in [2.45, 2.75) is 6.92 Å². The van der Waals surface area contributed by atoms with Gasteiger partial charge in [0.25, 0.3) is 0 Å². The lowest BCUT2D eigenvalue weighted by Gasteiger charge is -2.08. The van der Waals surface area contributed by atoms with Gasteiger partial charge in [-0.15, -0.1) is 0 Å². The Hall–Kier alpha value is -2.62. The maximum atomic E-state index is 5.96. The minimum absolute atomic E-state index is 0.692. The normalized spacial score (nSPS) is 10.8. The number of anilines is 4. The van der Waals surface area contributed by atoms with E-state index in [1.54, 1.807) is 0 Å². The molecule has 0 heterocycles. The topological polar surface area (TPSA) is 90.1 Å². The number of nitrogen functional groups attached to an aromatic ring is 3. The third-order valence-electron chi connectivity index (χ3n) is 3.19. The van der Waals surface area contributed by atoms with E-state index in [4.69, 9.17) is 17.2 Å². The lowest BCUT2D eigenvalue weighted by atomic mass is 10.0. The Kier molecular flexibility index (Phi) is 4.15. The zero-order valence-electron chi connectivity index (χ0n) is 11.6. The van der Waals surface area contributed by atoms with Crippen molar-refractivity contribution in [3.63, 3.8) is 0 Å². The Morgan fingerprint density at radius 1 is 1.05 bits per heavy atom. The van der Waals surface area contributed by atoms with Crippen LogP contribution in [-0.4, -0.2) is 6.54 Å². The third kappa shape index (κ3) is 3.23. The van der Waals surface area contributed by atoms with Crippen molar-refractivity contribution in [2.75, 3.05) is 29.1 Å². The first-order chi connectivity index (χ1) is 9.58. The summed E-state index contributed by atoms with van der Waals surface area (Å²) in [4.78, 5) is 0. The van der Waals surface area contributed by atoms with Gasteiger partial charge in [0.05, 0.1) is 0 Å². The van der Waals surface area contributed by atoms with Gasteiger partial charge >= 0.3 is 0 Å². The summed E-state index contributed by atoms with van der Waals surface area (Å²) in [5.41, 5.74) is 22.8. The van der Waals surface area contributed by atoms with Crippen molar-refractivity contribution in [2.24, 2.45) is 0 Å². The van der Waals surface area contributed by atoms with Crippen molar-refractivity contribution in [1.29, 1.82) is 0 Å². The maximum Gasteiger partial charge on any atom is 0.0391 e. The number of hydrogen-bond acceptors (Lipinski definition) is 4. The molecule has 0 amide bonds. The van der Waals surface area contributed by atoms with E-state index in [1.807, 2.05) is 55.5 Å². The fourth-order valence-corrected chi connectivity index (χ4v) is 1.99. The van der Waals surface area contributed by atoms with E-state index in [2.05, 4.69) is 5.32 Å². The fourth-order valence-electron chi connectivity index (χ4n) is 1.99. The molecule has 2 aromatic carbocycles. The van der Waals surface area contributed by atoms with Gasteiger partial charge in [-0.25, -0.2) is 0 Å². The molecular formula is C16H20N4. The molecule has 2 rings (SSSR count). The molecule has 2 aromatic rings. The lowest BCUT2D eigenvalue weighted by Crippen LogP contribution is -2.00. The number of hydrogen-bond donors (Lipinski definition) is 4. The molecule has 4 heteroatoms. The van der Waals surface area contributed by atoms with Gasteiger partial charge in [0, 0.05) is 34.9 Å². The highest BCUT2D eigenvalue weighted by Gasteiger charge is 2.02. The molecule has 0 aliphatic rings. The number of benzene rings is 2. The van der Waals surface area contributed by atoms with Gasteiger partial charge in [0.2, 0.25) is 0 Å². The molecule has 0 saturated carbocycles. The summed E-state index contributed by atoms with van der Waals surface area (Å²) in [5.74, 6) is 0. The van der Waals surface area contributed by atoms with Crippen molar-refractivity contribution in [3.8, 4) is 0 Å². The molecule has 0 saturated heterocycles. The Morgan fingerprint density at radius 3 is 2.55 bits per heavy atom. The summed E-state index contributed by atoms with van der Waals surface area (Å²) in [7, 11) is 0. The summed E-state index contributed by atoms with van der Waals surface area (Å²) in [6.07, 6.45) is 4.00. The summed E-state index contributed by atoms with van der Waals surface area (Å²) in [6, 6.07) is 11.3. The first-order valence-electron chi connectivity index (χ1n) is 6.48. The molecule has 0 spiro atoms. The average Bonchev–Trinajstić information content (AvgIpc) is 2.42. The first kappa shape index (κ1) is 13.8. The van der Waals surface area contributed by atoms with Crippen LogP contribution in [0, 0.1) is 6.92 Å². The van der Waals surface area contributed by atoms with Crippen LogP contribution in [0.2, 0.25) is 0 Å². The molecular weight excluding hydrogens is 248 g/mol. The molecule has 4 nitrogen and oxygen atoms in total. The van der Waals surface area contributed by atoms with Crippen LogP contribution in [0.25, 0.3) is 6.08 Å². The number of nitrogens with two attached hydrogens (primary N) is 3. The van der Waals surface area contributed by atoms with Crippen LogP contribution in [-0.2, 0) is 0 Å². The van der Waals surface area contributed by atoms with E-state index in [0.29, 0.717) is 6.54 Å². The van der Waals surface area contributed by atoms with Crippen LogP contribution in [0.5, 0.6) is 0 Å².